The first kappa shape index (κ1) is 10.2. The molecule has 0 atom stereocenters. The number of aliphatic hydroxyl groups excluding tert-OH is 1. The molecule has 0 fully saturated rings. The van der Waals surface area contributed by atoms with Gasteiger partial charge in [-0.25, -0.2) is 9.18 Å². The number of halogens is 1. The summed E-state index contributed by atoms with van der Waals surface area (Å²) < 4.78 is 9.85. The number of carbonyl (C=O) groups is 1. The van der Waals surface area contributed by atoms with Crippen LogP contribution in [0.3, 0.4) is 0 Å². The van der Waals surface area contributed by atoms with Crippen LogP contribution in [0.4, 0.5) is 4.39 Å². The number of hydrogen-bond donors (Lipinski definition) is 2. The van der Waals surface area contributed by atoms with Crippen molar-refractivity contribution < 1.29 is 19.4 Å². The van der Waals surface area contributed by atoms with E-state index < -0.39 is 12.8 Å². The summed E-state index contributed by atoms with van der Waals surface area (Å²) in [5.74, 6) is -0.981. The van der Waals surface area contributed by atoms with Crippen molar-refractivity contribution in [2.45, 2.75) is 0 Å². The average Bonchev–Trinajstić information content (AvgIpc) is 1.69. The smallest absolute Gasteiger partial charge is 0.327 e. The monoisotopic (exact) mass is 122 g/mol. The van der Waals surface area contributed by atoms with Crippen molar-refractivity contribution >= 4 is 5.97 Å². The highest BCUT2D eigenvalue weighted by molar-refractivity contribution is 5.78. The van der Waals surface area contributed by atoms with Crippen LogP contribution in [-0.4, -0.2) is 23.0 Å². The van der Waals surface area contributed by atoms with E-state index in [2.05, 4.69) is 6.58 Å². The third-order valence-electron chi connectivity index (χ3n) is 0.175. The van der Waals surface area contributed by atoms with E-state index in [-0.39, 0.29) is 0 Å². The third-order valence-corrected chi connectivity index (χ3v) is 0.175. The number of alkyl halides is 1. The number of hydrogen-bond acceptors (Lipinski definition) is 2. The van der Waals surface area contributed by atoms with E-state index in [4.69, 9.17) is 10.2 Å². The highest BCUT2D eigenvalue weighted by Gasteiger charge is 1.73. The Morgan fingerprint density at radius 1 is 1.88 bits per heavy atom. The van der Waals surface area contributed by atoms with Crippen LogP contribution in [0.25, 0.3) is 0 Å². The molecule has 0 heterocycles. The third kappa shape index (κ3) is 70.9. The first-order valence-electron chi connectivity index (χ1n) is 1.71. The Balaban J connectivity index is 0. The summed E-state index contributed by atoms with van der Waals surface area (Å²) in [5.41, 5.74) is 0. The Morgan fingerprint density at radius 3 is 2.00 bits per heavy atom. The standard InChI is InChI=1S/C3H4O2.CH3FO/c1-2-3(4)5;2-1-3/h2H,1H2,(H,4,5);3H,1H2. The lowest BCUT2D eigenvalue weighted by atomic mass is 10.7. The van der Waals surface area contributed by atoms with E-state index in [1.165, 1.54) is 0 Å². The van der Waals surface area contributed by atoms with Crippen LogP contribution < -0.4 is 0 Å². The van der Waals surface area contributed by atoms with Gasteiger partial charge >= 0.3 is 5.97 Å². The second kappa shape index (κ2) is 9.44. The predicted octanol–water partition coefficient (Wildman–Crippen LogP) is 0.163. The highest BCUT2D eigenvalue weighted by atomic mass is 19.1. The van der Waals surface area contributed by atoms with Crippen molar-refractivity contribution in [3.8, 4) is 0 Å². The quantitative estimate of drug-likeness (QED) is 0.487. The molecular formula is C4H7FO3. The molecule has 0 saturated heterocycles. The Morgan fingerprint density at radius 2 is 2.00 bits per heavy atom. The zero-order valence-electron chi connectivity index (χ0n) is 4.17. The molecule has 0 aliphatic heterocycles. The fraction of sp³-hybridized carbons (Fsp3) is 0.250. The molecule has 0 aliphatic rings. The van der Waals surface area contributed by atoms with Gasteiger partial charge in [-0.15, -0.1) is 0 Å². The molecule has 0 aromatic carbocycles. The lowest BCUT2D eigenvalue weighted by Gasteiger charge is -1.64. The van der Waals surface area contributed by atoms with Gasteiger partial charge in [0, 0.05) is 6.08 Å². The van der Waals surface area contributed by atoms with E-state index in [0.29, 0.717) is 0 Å². The van der Waals surface area contributed by atoms with Crippen LogP contribution in [-0.2, 0) is 4.79 Å². The molecule has 3 nitrogen and oxygen atoms in total. The normalized spacial score (nSPS) is 6.25. The number of aliphatic hydroxyl groups is 1. The lowest BCUT2D eigenvalue weighted by Crippen LogP contribution is -1.82. The maximum atomic E-state index is 9.85. The fourth-order valence-corrected chi connectivity index (χ4v) is 0. The summed E-state index contributed by atoms with van der Waals surface area (Å²) in [6.45, 7) is 1.71. The van der Waals surface area contributed by atoms with Crippen LogP contribution in [0.2, 0.25) is 0 Å². The second-order valence-electron chi connectivity index (χ2n) is 0.662. The average molecular weight is 122 g/mol. The van der Waals surface area contributed by atoms with E-state index >= 15 is 0 Å². The van der Waals surface area contributed by atoms with E-state index in [9.17, 15) is 9.18 Å². The fourth-order valence-electron chi connectivity index (χ4n) is 0. The van der Waals surface area contributed by atoms with Gasteiger partial charge in [0.15, 0.2) is 6.86 Å². The van der Waals surface area contributed by atoms with Crippen LogP contribution in [0, 0.1) is 0 Å². The zero-order valence-corrected chi connectivity index (χ0v) is 4.17. The second-order valence-corrected chi connectivity index (χ2v) is 0.662. The van der Waals surface area contributed by atoms with Crippen molar-refractivity contribution in [3.63, 3.8) is 0 Å². The van der Waals surface area contributed by atoms with Gasteiger partial charge in [-0.05, 0) is 0 Å². The molecule has 48 valence electrons. The molecule has 0 saturated carbocycles. The van der Waals surface area contributed by atoms with Gasteiger partial charge in [-0.3, -0.25) is 0 Å². The van der Waals surface area contributed by atoms with Crippen molar-refractivity contribution in [1.82, 2.24) is 0 Å². The Kier molecular flexibility index (Phi) is 12.0. The molecule has 8 heavy (non-hydrogen) atoms. The Labute approximate surface area is 46.1 Å². The van der Waals surface area contributed by atoms with Crippen molar-refractivity contribution in [2.24, 2.45) is 0 Å². The van der Waals surface area contributed by atoms with E-state index in [1.807, 2.05) is 0 Å². The highest BCUT2D eigenvalue weighted by Crippen LogP contribution is 1.54. The summed E-state index contributed by atoms with van der Waals surface area (Å²) in [6.07, 6.45) is 0.833. The maximum Gasteiger partial charge on any atom is 0.327 e. The largest absolute Gasteiger partial charge is 0.478 e. The summed E-state index contributed by atoms with van der Waals surface area (Å²) in [7, 11) is 0. The molecular weight excluding hydrogens is 115 g/mol. The van der Waals surface area contributed by atoms with Gasteiger partial charge < -0.3 is 10.2 Å². The van der Waals surface area contributed by atoms with Crippen LogP contribution >= 0.6 is 0 Å². The summed E-state index contributed by atoms with van der Waals surface area (Å²) in [4.78, 5) is 9.25. The molecule has 0 aliphatic carbocycles. The summed E-state index contributed by atoms with van der Waals surface area (Å²) in [6, 6.07) is 0. The molecule has 0 amide bonds. The lowest BCUT2D eigenvalue weighted by molar-refractivity contribution is -0.131. The SMILES string of the molecule is C=CC(=O)O.OCF. The first-order chi connectivity index (χ1) is 3.68. The van der Waals surface area contributed by atoms with Gasteiger partial charge in [-0.1, -0.05) is 6.58 Å². The molecule has 4 heteroatoms. The Bertz CT molecular complexity index is 71.7. The molecule has 0 radical (unpaired) electrons. The molecule has 0 spiro atoms. The van der Waals surface area contributed by atoms with Crippen molar-refractivity contribution in [3.05, 3.63) is 12.7 Å². The van der Waals surface area contributed by atoms with Gasteiger partial charge in [0.2, 0.25) is 0 Å². The van der Waals surface area contributed by atoms with Gasteiger partial charge in [-0.2, -0.15) is 0 Å². The van der Waals surface area contributed by atoms with Crippen molar-refractivity contribution in [2.75, 3.05) is 6.86 Å². The topological polar surface area (TPSA) is 57.5 Å². The predicted molar refractivity (Wildman–Crippen MR) is 26.0 cm³/mol. The van der Waals surface area contributed by atoms with Crippen molar-refractivity contribution in [1.29, 1.82) is 0 Å². The molecule has 0 rings (SSSR count). The van der Waals surface area contributed by atoms with Crippen LogP contribution in [0.1, 0.15) is 0 Å². The molecule has 0 unspecified atom stereocenters. The minimum atomic E-state index is -1.25. The molecule has 0 aromatic heterocycles. The van der Waals surface area contributed by atoms with Gasteiger partial charge in [0.1, 0.15) is 0 Å². The summed E-state index contributed by atoms with van der Waals surface area (Å²) >= 11 is 0. The minimum absolute atomic E-state index is 0.833. The van der Waals surface area contributed by atoms with E-state index in [0.717, 1.165) is 6.08 Å². The van der Waals surface area contributed by atoms with Crippen LogP contribution in [0.15, 0.2) is 12.7 Å². The Hall–Kier alpha value is -0.900. The van der Waals surface area contributed by atoms with Crippen LogP contribution in [0.5, 0.6) is 0 Å². The number of carboxylic acid groups (broad SMARTS) is 1. The van der Waals surface area contributed by atoms with Gasteiger partial charge in [0.05, 0.1) is 0 Å². The number of aliphatic carboxylic acids is 1. The molecule has 0 aromatic rings. The van der Waals surface area contributed by atoms with E-state index in [1.54, 1.807) is 0 Å². The number of rotatable bonds is 1. The first-order valence-corrected chi connectivity index (χ1v) is 1.71. The number of carboxylic acids is 1. The maximum absolute atomic E-state index is 9.85. The zero-order chi connectivity index (χ0) is 6.99. The minimum Gasteiger partial charge on any atom is -0.478 e. The van der Waals surface area contributed by atoms with Gasteiger partial charge in [0.25, 0.3) is 0 Å². The molecule has 2 N–H and O–H groups in total. The molecule has 0 bridgehead atoms. The summed E-state index contributed by atoms with van der Waals surface area (Å²) in [5, 5.41) is 14.5.